The number of carbonyl (C=O) groups excluding carboxylic acids is 4. The number of nitrogens with one attached hydrogen (secondary N) is 2. The molecule has 1 aromatic heterocycles. The minimum absolute atomic E-state index is 0.0487. The Balaban J connectivity index is 0.731. The second kappa shape index (κ2) is 21.2. The zero-order valence-corrected chi connectivity index (χ0v) is 42.9. The van der Waals surface area contributed by atoms with Crippen LogP contribution < -0.4 is 30.7 Å². The van der Waals surface area contributed by atoms with Crippen LogP contribution in [0.1, 0.15) is 111 Å². The Bertz CT molecular complexity index is 2950. The standard InChI is InChI=1S/C56H65ClF2N8O7/c1-32-27-46(69)62-55(72)67(32)53-40-14-11-37(28-43(40)64(3)63-53)35-19-21-65(22-20-35)30-34-17-23-66(24-18-34)54(71)36-9-12-39(13-10-36)61-31-56(38-7-5-4-6-8-38)33(2)47-45(74-56)29-42(58)50(57)49(47)48-41(52(60)70)15-16-44(51(48)59)73-26-25-68/h4-8,11,14-16,28-29,32-36,39,61,68H,9-10,12-13,17-27,30-31H2,1-3H3,(H2,60,70)(H,62,69,72)/t32-,33-,36?,39?,56-/m0/s1. The summed E-state index contributed by atoms with van der Waals surface area (Å²) in [4.78, 5) is 57.8. The van der Waals surface area contributed by atoms with Crippen molar-refractivity contribution in [3.63, 3.8) is 0 Å². The molecular weight excluding hydrogens is 970 g/mol. The second-order valence-corrected chi connectivity index (χ2v) is 21.4. The average molecular weight is 1040 g/mol. The molecule has 4 fully saturated rings. The van der Waals surface area contributed by atoms with E-state index in [0.717, 1.165) is 101 Å². The van der Waals surface area contributed by atoms with Gasteiger partial charge in [-0.05, 0) is 119 Å². The first kappa shape index (κ1) is 51.4. The molecule has 15 nitrogen and oxygen atoms in total. The lowest BCUT2D eigenvalue weighted by atomic mass is 9.77. The zero-order chi connectivity index (χ0) is 52.0. The number of aliphatic hydroxyl groups excluding tert-OH is 1. The van der Waals surface area contributed by atoms with Gasteiger partial charge in [-0.1, -0.05) is 54.9 Å². The van der Waals surface area contributed by atoms with Crippen LogP contribution in [0.5, 0.6) is 11.5 Å². The van der Waals surface area contributed by atoms with Crippen molar-refractivity contribution < 1.29 is 42.5 Å². The second-order valence-electron chi connectivity index (χ2n) is 21.0. The van der Waals surface area contributed by atoms with E-state index < -0.39 is 40.1 Å². The van der Waals surface area contributed by atoms with Crippen molar-refractivity contribution in [3.8, 4) is 22.6 Å². The van der Waals surface area contributed by atoms with Gasteiger partial charge in [-0.25, -0.2) is 13.6 Å². The summed E-state index contributed by atoms with van der Waals surface area (Å²) in [5.41, 5.74) is 7.57. The first-order chi connectivity index (χ1) is 35.6. The molecule has 392 valence electrons. The van der Waals surface area contributed by atoms with E-state index in [1.165, 1.54) is 23.8 Å². The molecule has 10 rings (SSSR count). The third-order valence-corrected chi connectivity index (χ3v) is 17.0. The SMILES string of the molecule is C[C@H]1CC(=O)NC(=O)N1c1nn(C)c2cc(C3CCN(CC4CCN(C(=O)C5CCC(NC[C@]6(c7ccccc7)Oc7cc(F)c(Cl)c(-c8c(C(N)=O)ccc(OCCO)c8F)c7[C@@H]6C)CC5)CC4)CC3)ccc12. The van der Waals surface area contributed by atoms with Gasteiger partial charge in [0, 0.05) is 91.7 Å². The van der Waals surface area contributed by atoms with Crippen LogP contribution in [0.2, 0.25) is 5.02 Å². The Kier molecular flexibility index (Phi) is 14.7. The van der Waals surface area contributed by atoms with Gasteiger partial charge in [0.15, 0.2) is 23.0 Å². The number of rotatable bonds is 14. The molecule has 18 heteroatoms. The number of halogens is 3. The highest BCUT2D eigenvalue weighted by Crippen LogP contribution is 2.56. The summed E-state index contributed by atoms with van der Waals surface area (Å²) in [5.74, 6) is -1.95. The maximum absolute atomic E-state index is 16.5. The molecule has 1 aliphatic carbocycles. The number of nitrogens with two attached hydrogens (primary N) is 1. The van der Waals surface area contributed by atoms with Gasteiger partial charge < -0.3 is 35.4 Å². The average Bonchev–Trinajstić information content (AvgIpc) is 3.87. The number of anilines is 1. The van der Waals surface area contributed by atoms with Gasteiger partial charge in [-0.2, -0.15) is 5.10 Å². The molecule has 5 N–H and O–H groups in total. The van der Waals surface area contributed by atoms with Crippen molar-refractivity contribution in [1.29, 1.82) is 0 Å². The van der Waals surface area contributed by atoms with Gasteiger partial charge in [0.05, 0.1) is 22.7 Å². The van der Waals surface area contributed by atoms with Crippen LogP contribution in [-0.4, -0.2) is 113 Å². The van der Waals surface area contributed by atoms with Crippen LogP contribution in [0, 0.1) is 23.5 Å². The van der Waals surface area contributed by atoms with E-state index >= 15 is 8.78 Å². The molecule has 4 aliphatic heterocycles. The molecule has 3 atom stereocenters. The smallest absolute Gasteiger partial charge is 0.330 e. The van der Waals surface area contributed by atoms with Crippen molar-refractivity contribution in [1.82, 2.24) is 30.2 Å². The third kappa shape index (κ3) is 9.72. The molecule has 3 saturated heterocycles. The lowest BCUT2D eigenvalue weighted by Gasteiger charge is -2.40. The minimum atomic E-state index is -1.10. The molecule has 5 heterocycles. The van der Waals surface area contributed by atoms with Crippen molar-refractivity contribution in [3.05, 3.63) is 106 Å². The number of aryl methyl sites for hydroxylation is 1. The van der Waals surface area contributed by atoms with Gasteiger partial charge in [-0.15, -0.1) is 0 Å². The Labute approximate surface area is 434 Å². The molecule has 1 saturated carbocycles. The topological polar surface area (TPSA) is 185 Å². The number of imide groups is 1. The summed E-state index contributed by atoms with van der Waals surface area (Å²) in [5, 5.41) is 20.8. The van der Waals surface area contributed by atoms with Crippen LogP contribution in [0.3, 0.4) is 0 Å². The number of nitrogens with zero attached hydrogens (tertiary/aromatic N) is 5. The molecule has 5 aromatic rings. The fourth-order valence-electron chi connectivity index (χ4n) is 12.5. The van der Waals surface area contributed by atoms with E-state index in [1.807, 2.05) is 55.9 Å². The summed E-state index contributed by atoms with van der Waals surface area (Å²) in [6.45, 7) is 8.10. The van der Waals surface area contributed by atoms with Crippen molar-refractivity contribution in [2.24, 2.45) is 24.6 Å². The number of urea groups is 1. The highest BCUT2D eigenvalue weighted by molar-refractivity contribution is 6.34. The first-order valence-electron chi connectivity index (χ1n) is 26.1. The highest BCUT2D eigenvalue weighted by Gasteiger charge is 2.50. The van der Waals surface area contributed by atoms with E-state index in [2.05, 4.69) is 38.6 Å². The van der Waals surface area contributed by atoms with Gasteiger partial charge in [0.1, 0.15) is 18.2 Å². The van der Waals surface area contributed by atoms with E-state index in [1.54, 1.807) is 4.90 Å². The molecule has 74 heavy (non-hydrogen) atoms. The number of primary amides is 1. The maximum Gasteiger partial charge on any atom is 0.330 e. The number of ether oxygens (including phenoxy) is 2. The number of carbonyl (C=O) groups is 4. The third-order valence-electron chi connectivity index (χ3n) is 16.6. The quantitative estimate of drug-likeness (QED) is 0.0847. The first-order valence-corrected chi connectivity index (χ1v) is 26.5. The molecule has 0 bridgehead atoms. The number of hydrogen-bond acceptors (Lipinski definition) is 10. The Morgan fingerprint density at radius 1 is 0.946 bits per heavy atom. The highest BCUT2D eigenvalue weighted by atomic mass is 35.5. The molecule has 0 radical (unpaired) electrons. The van der Waals surface area contributed by atoms with Crippen molar-refractivity contribution in [2.75, 3.05) is 57.4 Å². The van der Waals surface area contributed by atoms with E-state index in [0.29, 0.717) is 29.8 Å². The fourth-order valence-corrected chi connectivity index (χ4v) is 12.8. The fraction of sp³-hybridized carbons (Fsp3) is 0.482. The Hall–Kier alpha value is -6.14. The zero-order valence-electron chi connectivity index (χ0n) is 42.2. The number of aliphatic hydroxyl groups is 1. The normalized spacial score (nSPS) is 24.0. The van der Waals surface area contributed by atoms with Gasteiger partial charge in [-0.3, -0.25) is 29.3 Å². The van der Waals surface area contributed by atoms with Crippen LogP contribution in [0.25, 0.3) is 22.0 Å². The number of piperidine rings is 2. The lowest BCUT2D eigenvalue weighted by molar-refractivity contribution is -0.138. The number of hydrogen-bond donors (Lipinski definition) is 4. The Morgan fingerprint density at radius 2 is 1.68 bits per heavy atom. The number of likely N-dealkylation sites (tertiary alicyclic amines) is 2. The van der Waals surface area contributed by atoms with E-state index in [-0.39, 0.29) is 77.6 Å². The monoisotopic (exact) mass is 1030 g/mol. The summed E-state index contributed by atoms with van der Waals surface area (Å²) in [7, 11) is 1.89. The van der Waals surface area contributed by atoms with Crippen LogP contribution in [0.15, 0.2) is 66.7 Å². The van der Waals surface area contributed by atoms with E-state index in [9.17, 15) is 24.3 Å². The number of fused-ring (bicyclic) bond motifs is 2. The van der Waals surface area contributed by atoms with Gasteiger partial charge in [0.25, 0.3) is 0 Å². The van der Waals surface area contributed by atoms with Crippen LogP contribution in [-0.2, 0) is 22.2 Å². The molecule has 0 spiro atoms. The largest absolute Gasteiger partial charge is 0.488 e. The van der Waals surface area contributed by atoms with Gasteiger partial charge >= 0.3 is 6.03 Å². The summed E-state index contributed by atoms with van der Waals surface area (Å²) >= 11 is 6.73. The minimum Gasteiger partial charge on any atom is -0.488 e. The molecule has 0 unspecified atom stereocenters. The van der Waals surface area contributed by atoms with Crippen molar-refractivity contribution in [2.45, 2.75) is 101 Å². The van der Waals surface area contributed by atoms with E-state index in [4.69, 9.17) is 31.9 Å². The number of benzene rings is 4. The summed E-state index contributed by atoms with van der Waals surface area (Å²) in [6.07, 6.45) is 7.39. The lowest BCUT2D eigenvalue weighted by Crippen LogP contribution is -2.54. The molecular formula is C56H65ClF2N8O7. The number of amides is 5. The predicted octanol–water partition coefficient (Wildman–Crippen LogP) is 8.13. The van der Waals surface area contributed by atoms with Crippen LogP contribution in [0.4, 0.5) is 19.4 Å². The molecule has 5 amide bonds. The summed E-state index contributed by atoms with van der Waals surface area (Å²) in [6, 6.07) is 19.1. The Morgan fingerprint density at radius 3 is 2.36 bits per heavy atom. The maximum atomic E-state index is 16.5. The van der Waals surface area contributed by atoms with Crippen molar-refractivity contribution >= 4 is 52.1 Å². The molecule has 5 aliphatic rings. The summed E-state index contributed by atoms with van der Waals surface area (Å²) < 4.78 is 46.5. The molecule has 4 aromatic carbocycles. The predicted molar refractivity (Wildman–Crippen MR) is 277 cm³/mol. The van der Waals surface area contributed by atoms with Gasteiger partial charge in [0.2, 0.25) is 17.7 Å². The van der Waals surface area contributed by atoms with Crippen LogP contribution >= 0.6 is 11.6 Å². The number of aromatic nitrogens is 2.